The molecular formula is C29H37O2PSi. The second-order valence-corrected chi connectivity index (χ2v) is 18.3. The minimum absolute atomic E-state index is 0.170. The summed E-state index contributed by atoms with van der Waals surface area (Å²) in [7, 11) is -4.93. The van der Waals surface area contributed by atoms with Crippen molar-refractivity contribution in [2.75, 3.05) is 0 Å². The molecule has 33 heavy (non-hydrogen) atoms. The number of rotatable bonds is 6. The molecule has 0 N–H and O–H groups in total. The standard InChI is InChI=1S/C29H37O2PSi/c1-29(2,3)33(4,5)31-27-21-14-20-25(27)26-19-12-13-22-28(26)32(30,23-15-8-6-9-16-23)24-17-10-7-11-18-24/h6-13,15-19,22,25,27H,14,20-21H2,1-5H3/t25-,27+/m0/s1. The lowest BCUT2D eigenvalue weighted by molar-refractivity contribution is 0.170. The zero-order chi connectivity index (χ0) is 23.7. The molecule has 2 atom stereocenters. The van der Waals surface area contributed by atoms with Crippen LogP contribution in [0.2, 0.25) is 18.1 Å². The van der Waals surface area contributed by atoms with E-state index in [1.54, 1.807) is 0 Å². The lowest BCUT2D eigenvalue weighted by Gasteiger charge is -2.40. The molecule has 0 amide bonds. The van der Waals surface area contributed by atoms with Crippen molar-refractivity contribution in [1.29, 1.82) is 0 Å². The van der Waals surface area contributed by atoms with Crippen LogP contribution in [-0.4, -0.2) is 14.4 Å². The smallest absolute Gasteiger partial charge is 0.192 e. The van der Waals surface area contributed by atoms with Crippen LogP contribution >= 0.6 is 7.14 Å². The van der Waals surface area contributed by atoms with Gasteiger partial charge in [0, 0.05) is 21.8 Å². The van der Waals surface area contributed by atoms with E-state index < -0.39 is 15.5 Å². The first-order chi connectivity index (χ1) is 15.6. The van der Waals surface area contributed by atoms with Gasteiger partial charge in [0.1, 0.15) is 0 Å². The fourth-order valence-electron chi connectivity index (χ4n) is 4.77. The quantitative estimate of drug-likeness (QED) is 0.283. The molecule has 0 heterocycles. The van der Waals surface area contributed by atoms with Crippen molar-refractivity contribution in [2.24, 2.45) is 0 Å². The topological polar surface area (TPSA) is 26.3 Å². The Morgan fingerprint density at radius 3 is 1.85 bits per heavy atom. The Morgan fingerprint density at radius 1 is 0.788 bits per heavy atom. The van der Waals surface area contributed by atoms with E-state index in [2.05, 4.69) is 52.1 Å². The summed E-state index contributed by atoms with van der Waals surface area (Å²) in [4.78, 5) is 0. The normalized spacial score (nSPS) is 19.5. The number of hydrogen-bond acceptors (Lipinski definition) is 2. The molecule has 3 aromatic rings. The second kappa shape index (κ2) is 9.37. The molecule has 1 aliphatic carbocycles. The van der Waals surface area contributed by atoms with Gasteiger partial charge in [-0.25, -0.2) is 0 Å². The highest BCUT2D eigenvalue weighted by atomic mass is 31.2. The van der Waals surface area contributed by atoms with Crippen molar-refractivity contribution in [2.45, 2.75) is 70.2 Å². The zero-order valence-electron chi connectivity index (χ0n) is 20.6. The van der Waals surface area contributed by atoms with Gasteiger partial charge in [-0.1, -0.05) is 112 Å². The average molecular weight is 477 g/mol. The molecule has 0 aromatic heterocycles. The number of hydrogen-bond donors (Lipinski definition) is 0. The van der Waals surface area contributed by atoms with E-state index in [9.17, 15) is 0 Å². The largest absolute Gasteiger partial charge is 0.413 e. The Hall–Kier alpha value is -1.93. The van der Waals surface area contributed by atoms with E-state index in [0.29, 0.717) is 0 Å². The van der Waals surface area contributed by atoms with Gasteiger partial charge in [0.15, 0.2) is 15.5 Å². The maximum Gasteiger partial charge on any atom is 0.192 e. The maximum atomic E-state index is 15.1. The summed E-state index contributed by atoms with van der Waals surface area (Å²) in [5, 5.41) is 2.92. The lowest BCUT2D eigenvalue weighted by atomic mass is 9.96. The van der Waals surface area contributed by atoms with Crippen LogP contribution in [-0.2, 0) is 8.99 Å². The molecule has 1 saturated carbocycles. The molecule has 0 spiro atoms. The van der Waals surface area contributed by atoms with Gasteiger partial charge in [0.25, 0.3) is 0 Å². The summed E-state index contributed by atoms with van der Waals surface area (Å²) in [5.74, 6) is 0.274. The SMILES string of the molecule is CC(C)(C)[Si](C)(C)O[C@@H]1CCC[C@H]1c1ccccc1P(=O)(c1ccccc1)c1ccccc1. The third-order valence-corrected chi connectivity index (χ3v) is 15.3. The molecule has 1 fully saturated rings. The molecule has 4 heteroatoms. The van der Waals surface area contributed by atoms with Crippen molar-refractivity contribution in [3.8, 4) is 0 Å². The third-order valence-electron chi connectivity index (χ3n) is 7.62. The molecule has 174 valence electrons. The molecule has 3 aromatic carbocycles. The van der Waals surface area contributed by atoms with Crippen LogP contribution < -0.4 is 15.9 Å². The van der Waals surface area contributed by atoms with Crippen molar-refractivity contribution in [3.05, 3.63) is 90.5 Å². The molecule has 0 saturated heterocycles. The highest BCUT2D eigenvalue weighted by Crippen LogP contribution is 2.48. The Bertz CT molecular complexity index is 1080. The summed E-state index contributed by atoms with van der Waals surface area (Å²) in [6.45, 7) is 11.6. The van der Waals surface area contributed by atoms with Gasteiger partial charge in [-0.3, -0.25) is 0 Å². The monoisotopic (exact) mass is 476 g/mol. The Kier molecular flexibility index (Phi) is 6.87. The highest BCUT2D eigenvalue weighted by molar-refractivity contribution is 7.85. The van der Waals surface area contributed by atoms with Gasteiger partial charge in [0.05, 0.1) is 6.10 Å². The lowest BCUT2D eigenvalue weighted by Crippen LogP contribution is -2.44. The van der Waals surface area contributed by atoms with Crippen LogP contribution in [0, 0.1) is 0 Å². The minimum atomic E-state index is -3.02. The molecule has 0 bridgehead atoms. The summed E-state index contributed by atoms with van der Waals surface area (Å²) in [6, 6.07) is 28.4. The maximum absolute atomic E-state index is 15.1. The fraction of sp³-hybridized carbons (Fsp3) is 0.379. The van der Waals surface area contributed by atoms with Crippen molar-refractivity contribution < 1.29 is 8.99 Å². The van der Waals surface area contributed by atoms with Gasteiger partial charge in [0.2, 0.25) is 0 Å². The third kappa shape index (κ3) is 4.69. The first-order valence-electron chi connectivity index (χ1n) is 12.1. The van der Waals surface area contributed by atoms with Gasteiger partial charge in [-0.15, -0.1) is 0 Å². The predicted molar refractivity (Wildman–Crippen MR) is 144 cm³/mol. The minimum Gasteiger partial charge on any atom is -0.413 e. The summed E-state index contributed by atoms with van der Waals surface area (Å²) in [6.07, 6.45) is 3.50. The fourth-order valence-corrected chi connectivity index (χ4v) is 9.10. The van der Waals surface area contributed by atoms with Crippen molar-refractivity contribution >= 4 is 31.4 Å². The first kappa shape index (κ1) is 24.2. The summed E-state index contributed by atoms with van der Waals surface area (Å²) in [5.41, 5.74) is 1.20. The van der Waals surface area contributed by atoms with Gasteiger partial charge in [-0.05, 0) is 36.5 Å². The second-order valence-electron chi connectivity index (χ2n) is 10.8. The molecule has 0 aliphatic heterocycles. The zero-order valence-corrected chi connectivity index (χ0v) is 22.5. The predicted octanol–water partition coefficient (Wildman–Crippen LogP) is 6.98. The van der Waals surface area contributed by atoms with Crippen LogP contribution in [0.4, 0.5) is 0 Å². The van der Waals surface area contributed by atoms with Crippen molar-refractivity contribution in [1.82, 2.24) is 0 Å². The molecule has 0 radical (unpaired) electrons. The summed E-state index contributed by atoms with van der Waals surface area (Å²) < 4.78 is 22.1. The Morgan fingerprint density at radius 2 is 1.30 bits per heavy atom. The summed E-state index contributed by atoms with van der Waals surface area (Å²) >= 11 is 0. The van der Waals surface area contributed by atoms with E-state index >= 15 is 4.57 Å². The Labute approximate surface area is 200 Å². The van der Waals surface area contributed by atoms with Crippen LogP contribution in [0.3, 0.4) is 0 Å². The molecular weight excluding hydrogens is 439 g/mol. The average Bonchev–Trinajstić information content (AvgIpc) is 3.26. The van der Waals surface area contributed by atoms with Crippen LogP contribution in [0.1, 0.15) is 51.5 Å². The highest BCUT2D eigenvalue weighted by Gasteiger charge is 2.43. The van der Waals surface area contributed by atoms with Crippen LogP contribution in [0.25, 0.3) is 0 Å². The van der Waals surface area contributed by atoms with E-state index in [1.807, 2.05) is 66.7 Å². The van der Waals surface area contributed by atoms with E-state index in [1.165, 1.54) is 5.56 Å². The van der Waals surface area contributed by atoms with Crippen LogP contribution in [0.15, 0.2) is 84.9 Å². The first-order valence-corrected chi connectivity index (χ1v) is 16.7. The van der Waals surface area contributed by atoms with E-state index in [4.69, 9.17) is 4.43 Å². The van der Waals surface area contributed by atoms with Crippen LogP contribution in [0.5, 0.6) is 0 Å². The van der Waals surface area contributed by atoms with Gasteiger partial charge < -0.3 is 8.99 Å². The van der Waals surface area contributed by atoms with Gasteiger partial charge >= 0.3 is 0 Å². The Balaban J connectivity index is 1.83. The van der Waals surface area contributed by atoms with E-state index in [-0.39, 0.29) is 17.1 Å². The van der Waals surface area contributed by atoms with Crippen molar-refractivity contribution in [3.63, 3.8) is 0 Å². The molecule has 0 unspecified atom stereocenters. The molecule has 1 aliphatic rings. The molecule has 2 nitrogen and oxygen atoms in total. The molecule has 4 rings (SSSR count). The number of benzene rings is 3. The van der Waals surface area contributed by atoms with E-state index in [0.717, 1.165) is 35.2 Å². The van der Waals surface area contributed by atoms with Gasteiger partial charge in [-0.2, -0.15) is 0 Å².